The highest BCUT2D eigenvalue weighted by Gasteiger charge is 2.06. The zero-order chi connectivity index (χ0) is 17.5. The molecule has 0 aliphatic heterocycles. The first-order valence-electron chi connectivity index (χ1n) is 7.64. The van der Waals surface area contributed by atoms with Crippen molar-refractivity contribution in [3.63, 3.8) is 0 Å². The quantitative estimate of drug-likeness (QED) is 0.709. The van der Waals surface area contributed by atoms with Gasteiger partial charge in [-0.3, -0.25) is 10.3 Å². The number of anilines is 1. The number of nitrogens with one attached hydrogen (secondary N) is 2. The summed E-state index contributed by atoms with van der Waals surface area (Å²) in [6, 6.07) is 7.46. The van der Waals surface area contributed by atoms with E-state index in [0.29, 0.717) is 18.8 Å². The molecule has 1 aromatic carbocycles. The van der Waals surface area contributed by atoms with E-state index in [4.69, 9.17) is 4.74 Å². The van der Waals surface area contributed by atoms with Gasteiger partial charge in [0.15, 0.2) is 5.82 Å². The van der Waals surface area contributed by atoms with Gasteiger partial charge in [0.05, 0.1) is 24.0 Å². The minimum absolute atomic E-state index is 0.313. The number of ether oxygens (including phenoxy) is 1. The van der Waals surface area contributed by atoms with Gasteiger partial charge >= 0.3 is 6.03 Å². The molecule has 0 fully saturated rings. The predicted octanol–water partition coefficient (Wildman–Crippen LogP) is 2.97. The smallest absolute Gasteiger partial charge is 0.320 e. The van der Waals surface area contributed by atoms with E-state index in [1.54, 1.807) is 24.6 Å². The topological polar surface area (TPSA) is 89.0 Å². The maximum atomic E-state index is 11.8. The molecule has 7 nitrogen and oxygen atoms in total. The third-order valence-electron chi connectivity index (χ3n) is 3.37. The predicted molar refractivity (Wildman–Crippen MR) is 96.9 cm³/mol. The van der Waals surface area contributed by atoms with Crippen LogP contribution in [0.2, 0.25) is 0 Å². The van der Waals surface area contributed by atoms with Crippen molar-refractivity contribution in [3.8, 4) is 17.0 Å². The van der Waals surface area contributed by atoms with E-state index in [2.05, 4.69) is 25.6 Å². The molecule has 3 aromatic rings. The van der Waals surface area contributed by atoms with Gasteiger partial charge in [0, 0.05) is 36.3 Å². The third-order valence-corrected chi connectivity index (χ3v) is 4.28. The first-order valence-corrected chi connectivity index (χ1v) is 8.52. The number of benzene rings is 1. The molecule has 3 rings (SSSR count). The number of methoxy groups -OCH3 is 1. The average Bonchev–Trinajstić information content (AvgIpc) is 3.11. The van der Waals surface area contributed by atoms with Crippen LogP contribution in [0.4, 0.5) is 10.6 Å². The summed E-state index contributed by atoms with van der Waals surface area (Å²) in [5.74, 6) is 1.23. The monoisotopic (exact) mass is 355 g/mol. The van der Waals surface area contributed by atoms with Gasteiger partial charge in [-0.05, 0) is 24.3 Å². The molecule has 2 heterocycles. The fraction of sp³-hybridized carbons (Fsp3) is 0.176. The average molecular weight is 355 g/mol. The number of amides is 2. The van der Waals surface area contributed by atoms with Crippen LogP contribution in [0.1, 0.15) is 5.01 Å². The summed E-state index contributed by atoms with van der Waals surface area (Å²) in [4.78, 5) is 24.2. The number of nitrogens with zero attached hydrogens (tertiary/aromatic N) is 3. The standard InChI is InChI=1S/C17H17N5O2S/c1-24-13-4-2-12(3-5-13)14-11-25-16(21-14)6-7-20-17(23)22-15-10-18-8-9-19-15/h2-5,8-11H,6-7H2,1H3,(H2,19,20,22,23). The number of urea groups is 1. The zero-order valence-electron chi connectivity index (χ0n) is 13.6. The van der Waals surface area contributed by atoms with E-state index < -0.39 is 0 Å². The normalized spacial score (nSPS) is 10.3. The Hall–Kier alpha value is -3.00. The summed E-state index contributed by atoms with van der Waals surface area (Å²) < 4.78 is 5.16. The first kappa shape index (κ1) is 16.8. The van der Waals surface area contributed by atoms with Crippen LogP contribution in [0.5, 0.6) is 5.75 Å². The van der Waals surface area contributed by atoms with Crippen LogP contribution in [-0.2, 0) is 6.42 Å². The molecular weight excluding hydrogens is 338 g/mol. The number of rotatable bonds is 6. The molecule has 128 valence electrons. The van der Waals surface area contributed by atoms with Crippen LogP contribution < -0.4 is 15.4 Å². The van der Waals surface area contributed by atoms with Crippen molar-refractivity contribution >= 4 is 23.2 Å². The highest BCUT2D eigenvalue weighted by molar-refractivity contribution is 7.09. The second-order valence-corrected chi connectivity index (χ2v) is 6.02. The molecule has 8 heteroatoms. The molecule has 2 N–H and O–H groups in total. The van der Waals surface area contributed by atoms with Gasteiger partial charge in [0.2, 0.25) is 0 Å². The summed E-state index contributed by atoms with van der Waals surface area (Å²) in [7, 11) is 1.64. The summed E-state index contributed by atoms with van der Waals surface area (Å²) in [6.07, 6.45) is 5.22. The Morgan fingerprint density at radius 1 is 1.24 bits per heavy atom. The van der Waals surface area contributed by atoms with Crippen LogP contribution >= 0.6 is 11.3 Å². The Morgan fingerprint density at radius 2 is 2.08 bits per heavy atom. The summed E-state index contributed by atoms with van der Waals surface area (Å²) >= 11 is 1.57. The number of carbonyl (C=O) groups excluding carboxylic acids is 1. The van der Waals surface area contributed by atoms with Crippen LogP contribution in [0.25, 0.3) is 11.3 Å². The maximum absolute atomic E-state index is 11.8. The number of thiazole rings is 1. The lowest BCUT2D eigenvalue weighted by Gasteiger charge is -2.05. The van der Waals surface area contributed by atoms with Crippen LogP contribution in [0, 0.1) is 0 Å². The van der Waals surface area contributed by atoms with Crippen molar-refractivity contribution in [1.82, 2.24) is 20.3 Å². The molecule has 0 radical (unpaired) electrons. The Labute approximate surface area is 149 Å². The molecule has 0 saturated heterocycles. The minimum atomic E-state index is -0.313. The lowest BCUT2D eigenvalue weighted by atomic mass is 10.2. The molecule has 0 saturated carbocycles. The van der Waals surface area contributed by atoms with Gasteiger partial charge in [0.1, 0.15) is 5.75 Å². The molecule has 0 bridgehead atoms. The van der Waals surface area contributed by atoms with E-state index >= 15 is 0 Å². The van der Waals surface area contributed by atoms with Crippen molar-refractivity contribution in [1.29, 1.82) is 0 Å². The second kappa shape index (κ2) is 8.20. The van der Waals surface area contributed by atoms with E-state index in [1.165, 1.54) is 12.4 Å². The number of hydrogen-bond donors (Lipinski definition) is 2. The van der Waals surface area contributed by atoms with Crippen molar-refractivity contribution < 1.29 is 9.53 Å². The fourth-order valence-electron chi connectivity index (χ4n) is 2.13. The first-order chi connectivity index (χ1) is 12.2. The fourth-order valence-corrected chi connectivity index (χ4v) is 2.93. The van der Waals surface area contributed by atoms with E-state index in [-0.39, 0.29) is 6.03 Å². The Kier molecular flexibility index (Phi) is 5.53. The highest BCUT2D eigenvalue weighted by Crippen LogP contribution is 2.24. The molecule has 2 amide bonds. The van der Waals surface area contributed by atoms with Gasteiger partial charge in [-0.15, -0.1) is 11.3 Å². The number of hydrogen-bond acceptors (Lipinski definition) is 6. The summed E-state index contributed by atoms with van der Waals surface area (Å²) in [6.45, 7) is 0.488. The maximum Gasteiger partial charge on any atom is 0.320 e. The van der Waals surface area contributed by atoms with E-state index in [1.807, 2.05) is 29.6 Å². The Morgan fingerprint density at radius 3 is 2.80 bits per heavy atom. The molecule has 2 aromatic heterocycles. The van der Waals surface area contributed by atoms with E-state index in [0.717, 1.165) is 22.0 Å². The van der Waals surface area contributed by atoms with Gasteiger partial charge in [-0.25, -0.2) is 14.8 Å². The van der Waals surface area contributed by atoms with Crippen LogP contribution in [0.15, 0.2) is 48.2 Å². The minimum Gasteiger partial charge on any atom is -0.497 e. The Bertz CT molecular complexity index is 821. The number of aromatic nitrogens is 3. The molecule has 0 unspecified atom stereocenters. The molecule has 0 aliphatic rings. The zero-order valence-corrected chi connectivity index (χ0v) is 14.4. The molecular formula is C17H17N5O2S. The van der Waals surface area contributed by atoms with Crippen LogP contribution in [0.3, 0.4) is 0 Å². The molecule has 0 spiro atoms. The van der Waals surface area contributed by atoms with Crippen LogP contribution in [-0.4, -0.2) is 34.6 Å². The van der Waals surface area contributed by atoms with Crippen molar-refractivity contribution in [2.45, 2.75) is 6.42 Å². The van der Waals surface area contributed by atoms with Crippen molar-refractivity contribution in [2.24, 2.45) is 0 Å². The van der Waals surface area contributed by atoms with Gasteiger partial charge in [0.25, 0.3) is 0 Å². The van der Waals surface area contributed by atoms with Gasteiger partial charge in [-0.1, -0.05) is 0 Å². The third kappa shape index (κ3) is 4.74. The van der Waals surface area contributed by atoms with Gasteiger partial charge in [-0.2, -0.15) is 0 Å². The summed E-state index contributed by atoms with van der Waals surface area (Å²) in [5.41, 5.74) is 1.96. The van der Waals surface area contributed by atoms with Crippen molar-refractivity contribution in [3.05, 3.63) is 53.2 Å². The second-order valence-electron chi connectivity index (χ2n) is 5.08. The van der Waals surface area contributed by atoms with Crippen molar-refractivity contribution in [2.75, 3.05) is 19.0 Å². The lowest BCUT2D eigenvalue weighted by Crippen LogP contribution is -2.30. The lowest BCUT2D eigenvalue weighted by molar-refractivity contribution is 0.252. The SMILES string of the molecule is COc1ccc(-c2csc(CCNC(=O)Nc3cnccn3)n2)cc1. The molecule has 0 aliphatic carbocycles. The molecule has 25 heavy (non-hydrogen) atoms. The highest BCUT2D eigenvalue weighted by atomic mass is 32.1. The molecule has 0 atom stereocenters. The van der Waals surface area contributed by atoms with E-state index in [9.17, 15) is 4.79 Å². The number of carbonyl (C=O) groups is 1. The largest absolute Gasteiger partial charge is 0.497 e. The summed E-state index contributed by atoms with van der Waals surface area (Å²) in [5, 5.41) is 8.37. The Balaban J connectivity index is 1.49. The van der Waals surface area contributed by atoms with Gasteiger partial charge < -0.3 is 10.1 Å².